The number of aromatic nitrogens is 3. The summed E-state index contributed by atoms with van der Waals surface area (Å²) in [5.74, 6) is 0.430. The summed E-state index contributed by atoms with van der Waals surface area (Å²) in [5, 5.41) is 5.34. The highest BCUT2D eigenvalue weighted by molar-refractivity contribution is 5.89. The molecule has 2 amide bonds. The van der Waals surface area contributed by atoms with Crippen molar-refractivity contribution < 1.29 is 9.53 Å². The molecule has 0 fully saturated rings. The monoisotopic (exact) mass is 351 g/mol. The van der Waals surface area contributed by atoms with Crippen LogP contribution in [0.15, 0.2) is 42.6 Å². The molecular weight excluding hydrogens is 330 g/mol. The summed E-state index contributed by atoms with van der Waals surface area (Å²) in [6.07, 6.45) is 1.76. The summed E-state index contributed by atoms with van der Waals surface area (Å²) in [6, 6.07) is 11.2. The molecule has 0 saturated heterocycles. The van der Waals surface area contributed by atoms with Gasteiger partial charge in [-0.25, -0.2) is 14.8 Å². The predicted octanol–water partition coefficient (Wildman–Crippen LogP) is 3.54. The first-order valence-corrected chi connectivity index (χ1v) is 8.42. The van der Waals surface area contributed by atoms with Gasteiger partial charge in [-0.3, -0.25) is 10.3 Å². The van der Waals surface area contributed by atoms with Crippen LogP contribution in [0.5, 0.6) is 0 Å². The number of methoxy groups -OCH3 is 1. The summed E-state index contributed by atoms with van der Waals surface area (Å²) < 4.78 is 5.32. The first-order valence-electron chi connectivity index (χ1n) is 8.42. The second kappa shape index (κ2) is 7.88. The fourth-order valence-corrected chi connectivity index (χ4v) is 2.49. The number of nitrogens with one attached hydrogen (secondary N) is 2. The van der Waals surface area contributed by atoms with Crippen molar-refractivity contribution >= 4 is 23.0 Å². The summed E-state index contributed by atoms with van der Waals surface area (Å²) in [4.78, 5) is 25.0. The molecule has 2 N–H and O–H groups in total. The summed E-state index contributed by atoms with van der Waals surface area (Å²) >= 11 is 0. The number of fused-ring (bicyclic) bond motifs is 1. The van der Waals surface area contributed by atoms with Gasteiger partial charge in [-0.15, -0.1) is 0 Å². The number of ether oxygens (including phenoxy) is 1. The number of hydrogen-bond donors (Lipinski definition) is 2. The molecule has 0 aliphatic rings. The lowest BCUT2D eigenvalue weighted by molar-refractivity contribution is 0.119. The fraction of sp³-hybridized carbons (Fsp3) is 0.263. The molecule has 3 rings (SSSR count). The maximum absolute atomic E-state index is 11.6. The molecule has 0 aliphatic heterocycles. The number of rotatable bonds is 5. The molecule has 0 radical (unpaired) electrons. The van der Waals surface area contributed by atoms with Gasteiger partial charge >= 0.3 is 6.03 Å². The molecule has 7 heteroatoms. The predicted molar refractivity (Wildman–Crippen MR) is 101 cm³/mol. The number of amides is 2. The summed E-state index contributed by atoms with van der Waals surface area (Å²) in [6.45, 7) is 4.39. The molecule has 1 unspecified atom stereocenters. The number of carbonyl (C=O) groups excluding carboxylic acids is 1. The van der Waals surface area contributed by atoms with Crippen LogP contribution in [0.3, 0.4) is 0 Å². The van der Waals surface area contributed by atoms with Gasteiger partial charge < -0.3 is 10.1 Å². The van der Waals surface area contributed by atoms with Crippen molar-refractivity contribution in [2.24, 2.45) is 0 Å². The number of carbonyl (C=O) groups is 1. The average molecular weight is 351 g/mol. The van der Waals surface area contributed by atoms with Gasteiger partial charge in [-0.1, -0.05) is 24.3 Å². The highest BCUT2D eigenvalue weighted by Gasteiger charge is 2.08. The van der Waals surface area contributed by atoms with Crippen molar-refractivity contribution in [3.05, 3.63) is 48.2 Å². The largest absolute Gasteiger partial charge is 0.377 e. The third kappa shape index (κ3) is 3.94. The average Bonchev–Trinajstić information content (AvgIpc) is 2.67. The molecule has 7 nitrogen and oxygen atoms in total. The van der Waals surface area contributed by atoms with E-state index >= 15 is 0 Å². The number of nitrogens with zero attached hydrogens (tertiary/aromatic N) is 3. The molecule has 134 valence electrons. The zero-order chi connectivity index (χ0) is 18.5. The zero-order valence-electron chi connectivity index (χ0n) is 15.0. The minimum absolute atomic E-state index is 0.0382. The van der Waals surface area contributed by atoms with E-state index in [2.05, 4.69) is 25.6 Å². The van der Waals surface area contributed by atoms with Gasteiger partial charge in [0.2, 0.25) is 0 Å². The van der Waals surface area contributed by atoms with Crippen LogP contribution in [0.1, 0.15) is 25.5 Å². The Balaban J connectivity index is 1.88. The van der Waals surface area contributed by atoms with Crippen LogP contribution in [0, 0.1) is 0 Å². The normalized spacial score (nSPS) is 12.0. The lowest BCUT2D eigenvalue weighted by Gasteiger charge is -2.10. The van der Waals surface area contributed by atoms with Crippen molar-refractivity contribution in [1.82, 2.24) is 20.3 Å². The molecular formula is C19H21N5O2. The first kappa shape index (κ1) is 17.8. The standard InChI is InChI=1S/C19H21N5O2/c1-4-20-19(25)24-17-10-9-15-18(23-17)22-16(11-21-15)14-7-5-13(6-8-14)12(2)26-3/h5-12H,4H2,1-3H3,(H2,20,22,23,24,25). The number of benzene rings is 1. The van der Waals surface area contributed by atoms with E-state index in [0.717, 1.165) is 16.8 Å². The third-order valence-corrected chi connectivity index (χ3v) is 4.02. The van der Waals surface area contributed by atoms with Crippen molar-refractivity contribution in [2.75, 3.05) is 19.0 Å². The molecule has 1 aromatic carbocycles. The van der Waals surface area contributed by atoms with Crippen LogP contribution in [0.4, 0.5) is 10.6 Å². The van der Waals surface area contributed by atoms with E-state index < -0.39 is 0 Å². The van der Waals surface area contributed by atoms with E-state index in [-0.39, 0.29) is 12.1 Å². The van der Waals surface area contributed by atoms with Crippen LogP contribution < -0.4 is 10.6 Å². The number of urea groups is 1. The van der Waals surface area contributed by atoms with Crippen molar-refractivity contribution in [2.45, 2.75) is 20.0 Å². The van der Waals surface area contributed by atoms with Gasteiger partial charge in [0, 0.05) is 19.2 Å². The van der Waals surface area contributed by atoms with E-state index in [1.165, 1.54) is 0 Å². The molecule has 0 spiro atoms. The van der Waals surface area contributed by atoms with Crippen LogP contribution >= 0.6 is 0 Å². The molecule has 2 aromatic heterocycles. The van der Waals surface area contributed by atoms with E-state index in [1.807, 2.05) is 38.1 Å². The van der Waals surface area contributed by atoms with Crippen molar-refractivity contribution in [3.8, 4) is 11.3 Å². The summed E-state index contributed by atoms with van der Waals surface area (Å²) in [5.41, 5.74) is 3.90. The molecule has 0 aliphatic carbocycles. The Bertz CT molecular complexity index is 911. The van der Waals surface area contributed by atoms with E-state index in [4.69, 9.17) is 4.74 Å². The molecule has 0 saturated carbocycles. The second-order valence-electron chi connectivity index (χ2n) is 5.78. The van der Waals surface area contributed by atoms with Gasteiger partial charge in [0.05, 0.1) is 18.0 Å². The first-order chi connectivity index (χ1) is 12.6. The van der Waals surface area contributed by atoms with Crippen molar-refractivity contribution in [1.29, 1.82) is 0 Å². The van der Waals surface area contributed by atoms with Gasteiger partial charge in [0.15, 0.2) is 5.65 Å². The van der Waals surface area contributed by atoms with Crippen LogP contribution in [0.2, 0.25) is 0 Å². The molecule has 3 aromatic rings. The van der Waals surface area contributed by atoms with E-state index in [0.29, 0.717) is 23.5 Å². The topological polar surface area (TPSA) is 89.0 Å². The fourth-order valence-electron chi connectivity index (χ4n) is 2.49. The van der Waals surface area contributed by atoms with Gasteiger partial charge in [-0.05, 0) is 31.5 Å². The maximum Gasteiger partial charge on any atom is 0.320 e. The Labute approximate surface area is 151 Å². The van der Waals surface area contributed by atoms with Crippen LogP contribution in [0.25, 0.3) is 22.4 Å². The lowest BCUT2D eigenvalue weighted by Crippen LogP contribution is -2.28. The Hall–Kier alpha value is -3.06. The highest BCUT2D eigenvalue weighted by atomic mass is 16.5. The molecule has 26 heavy (non-hydrogen) atoms. The Kier molecular flexibility index (Phi) is 5.38. The summed E-state index contributed by atoms with van der Waals surface area (Å²) in [7, 11) is 1.69. The quantitative estimate of drug-likeness (QED) is 0.734. The Morgan fingerprint density at radius 2 is 1.92 bits per heavy atom. The van der Waals surface area contributed by atoms with Crippen molar-refractivity contribution in [3.63, 3.8) is 0 Å². The van der Waals surface area contributed by atoms with E-state index in [1.54, 1.807) is 25.4 Å². The minimum atomic E-state index is -0.300. The molecule has 1 atom stereocenters. The van der Waals surface area contributed by atoms with Gasteiger partial charge in [0.1, 0.15) is 11.3 Å². The minimum Gasteiger partial charge on any atom is -0.377 e. The van der Waals surface area contributed by atoms with E-state index in [9.17, 15) is 4.79 Å². The van der Waals surface area contributed by atoms with Gasteiger partial charge in [0.25, 0.3) is 0 Å². The maximum atomic E-state index is 11.6. The SMILES string of the molecule is CCNC(=O)Nc1ccc2ncc(-c3ccc(C(C)OC)cc3)nc2n1. The molecule has 2 heterocycles. The highest BCUT2D eigenvalue weighted by Crippen LogP contribution is 2.23. The van der Waals surface area contributed by atoms with Gasteiger partial charge in [-0.2, -0.15) is 0 Å². The molecule has 0 bridgehead atoms. The number of hydrogen-bond acceptors (Lipinski definition) is 5. The van der Waals surface area contributed by atoms with Crippen LogP contribution in [-0.4, -0.2) is 34.6 Å². The zero-order valence-corrected chi connectivity index (χ0v) is 15.0. The Morgan fingerprint density at radius 3 is 2.62 bits per heavy atom. The third-order valence-electron chi connectivity index (χ3n) is 4.02. The second-order valence-corrected chi connectivity index (χ2v) is 5.78. The Morgan fingerprint density at radius 1 is 1.15 bits per heavy atom. The number of anilines is 1. The number of pyridine rings is 1. The van der Waals surface area contributed by atoms with Crippen LogP contribution in [-0.2, 0) is 4.74 Å². The smallest absolute Gasteiger partial charge is 0.320 e. The lowest BCUT2D eigenvalue weighted by atomic mass is 10.1.